The van der Waals surface area contributed by atoms with Gasteiger partial charge in [0.15, 0.2) is 6.10 Å². The summed E-state index contributed by atoms with van der Waals surface area (Å²) >= 11 is 6.15. The summed E-state index contributed by atoms with van der Waals surface area (Å²) in [6.07, 6.45) is 2.72. The highest BCUT2D eigenvalue weighted by atomic mass is 35.5. The van der Waals surface area contributed by atoms with Gasteiger partial charge in [0.1, 0.15) is 24.7 Å². The van der Waals surface area contributed by atoms with Crippen molar-refractivity contribution in [2.24, 2.45) is 5.41 Å². The molecule has 3 aromatic rings. The van der Waals surface area contributed by atoms with Gasteiger partial charge in [0.2, 0.25) is 0 Å². The first kappa shape index (κ1) is 30.7. The lowest BCUT2D eigenvalue weighted by Gasteiger charge is -2.41. The second-order valence-electron chi connectivity index (χ2n) is 12.3. The molecule has 1 aliphatic rings. The van der Waals surface area contributed by atoms with Crippen LogP contribution >= 0.6 is 11.6 Å². The number of aromatic nitrogens is 1. The van der Waals surface area contributed by atoms with Crippen molar-refractivity contribution >= 4 is 23.3 Å². The van der Waals surface area contributed by atoms with E-state index in [-0.39, 0.29) is 5.41 Å². The van der Waals surface area contributed by atoms with Crippen LogP contribution in [0, 0.1) is 12.3 Å². The number of halogens is 1. The minimum absolute atomic E-state index is 0.238. The number of carboxylic acid groups (broad SMARTS) is 1. The summed E-state index contributed by atoms with van der Waals surface area (Å²) in [5, 5.41) is 10.9. The van der Waals surface area contributed by atoms with Gasteiger partial charge < -0.3 is 24.2 Å². The molecule has 1 saturated heterocycles. The smallest absolute Gasteiger partial charge is 0.337 e. The first-order valence-electron chi connectivity index (χ1n) is 14.1. The molecule has 1 N–H and O–H groups in total. The molecular formula is C33H41ClN2O5. The van der Waals surface area contributed by atoms with E-state index in [4.69, 9.17) is 25.8 Å². The normalized spacial score (nSPS) is 15.8. The molecule has 7 nitrogen and oxygen atoms in total. The molecule has 1 aliphatic heterocycles. The van der Waals surface area contributed by atoms with Crippen molar-refractivity contribution in [2.75, 3.05) is 31.2 Å². The Bertz CT molecular complexity index is 1340. The maximum absolute atomic E-state index is 12.6. The number of pyridine rings is 1. The predicted octanol–water partition coefficient (Wildman–Crippen LogP) is 7.74. The lowest BCUT2D eigenvalue weighted by atomic mass is 9.82. The fraction of sp³-hybridized carbons (Fsp3) is 0.455. The predicted molar refractivity (Wildman–Crippen MR) is 163 cm³/mol. The van der Waals surface area contributed by atoms with Gasteiger partial charge in [-0.3, -0.25) is 4.98 Å². The number of anilines is 1. The Kier molecular flexibility index (Phi) is 9.50. The molecule has 0 unspecified atom stereocenters. The number of nitrogens with zero attached hydrogens (tertiary/aromatic N) is 2. The maximum atomic E-state index is 12.6. The average Bonchev–Trinajstić information content (AvgIpc) is 2.91. The van der Waals surface area contributed by atoms with E-state index < -0.39 is 17.7 Å². The van der Waals surface area contributed by atoms with E-state index in [0.717, 1.165) is 42.7 Å². The number of aryl methyl sites for hydroxylation is 1. The molecule has 0 amide bonds. The Morgan fingerprint density at radius 1 is 1.05 bits per heavy atom. The number of hydrogen-bond acceptors (Lipinski definition) is 6. The summed E-state index contributed by atoms with van der Waals surface area (Å²) in [5.74, 6) is 0.306. The molecular weight excluding hydrogens is 540 g/mol. The minimum atomic E-state index is -1.15. The summed E-state index contributed by atoms with van der Waals surface area (Å²) < 4.78 is 17.8. The molecule has 2 heterocycles. The maximum Gasteiger partial charge on any atom is 0.337 e. The van der Waals surface area contributed by atoms with Gasteiger partial charge in [0.25, 0.3) is 0 Å². The van der Waals surface area contributed by atoms with Gasteiger partial charge in [0.05, 0.1) is 16.3 Å². The molecule has 4 rings (SSSR count). The van der Waals surface area contributed by atoms with Crippen LogP contribution in [0.3, 0.4) is 0 Å². The first-order chi connectivity index (χ1) is 19.3. The first-order valence-corrected chi connectivity index (χ1v) is 14.5. The van der Waals surface area contributed by atoms with E-state index in [1.165, 1.54) is 0 Å². The van der Waals surface area contributed by atoms with Crippen LogP contribution in [-0.4, -0.2) is 48.0 Å². The summed E-state index contributed by atoms with van der Waals surface area (Å²) in [5.41, 5.74) is 3.54. The lowest BCUT2D eigenvalue weighted by Crippen LogP contribution is -2.39. The second-order valence-corrected chi connectivity index (χ2v) is 12.7. The molecule has 0 radical (unpaired) electrons. The van der Waals surface area contributed by atoms with Gasteiger partial charge >= 0.3 is 5.97 Å². The Labute approximate surface area is 248 Å². The number of ether oxygens (including phenoxy) is 3. The Hall–Kier alpha value is -3.29. The standard InChI is InChI=1S/C33H41ClN2O5/c1-22-28(30(31(37)38)41-32(2,3)4)29(36-17-15-33(5,6)16-18-36)25(21-35-22)23-11-13-24(14-12-23)39-19-20-40-27-10-8-7-9-26(27)34/h7-14,21,30H,15-20H2,1-6H3,(H,37,38)/t30-/m0/s1. The molecule has 0 spiro atoms. The van der Waals surface area contributed by atoms with Gasteiger partial charge in [0, 0.05) is 36.1 Å². The van der Waals surface area contributed by atoms with E-state index >= 15 is 0 Å². The number of benzene rings is 2. The van der Waals surface area contributed by atoms with Crippen molar-refractivity contribution in [3.63, 3.8) is 0 Å². The molecule has 220 valence electrons. The van der Waals surface area contributed by atoms with Crippen LogP contribution in [0.15, 0.2) is 54.7 Å². The minimum Gasteiger partial charge on any atom is -0.490 e. The van der Waals surface area contributed by atoms with Gasteiger partial charge in [-0.1, -0.05) is 49.7 Å². The molecule has 1 fully saturated rings. The topological polar surface area (TPSA) is 81.1 Å². The number of hydrogen-bond donors (Lipinski definition) is 1. The summed E-state index contributed by atoms with van der Waals surface area (Å²) in [6, 6.07) is 15.1. The van der Waals surface area contributed by atoms with Gasteiger partial charge in [-0.05, 0) is 75.8 Å². The van der Waals surface area contributed by atoms with E-state index in [0.29, 0.717) is 41.0 Å². The highest BCUT2D eigenvalue weighted by Gasteiger charge is 2.35. The van der Waals surface area contributed by atoms with Crippen molar-refractivity contribution in [2.45, 2.75) is 66.1 Å². The summed E-state index contributed by atoms with van der Waals surface area (Å²) in [6.45, 7) is 14.4. The van der Waals surface area contributed by atoms with E-state index in [2.05, 4.69) is 23.7 Å². The van der Waals surface area contributed by atoms with Crippen molar-refractivity contribution in [3.05, 3.63) is 71.0 Å². The van der Waals surface area contributed by atoms with E-state index in [1.807, 2.05) is 76.4 Å². The quantitative estimate of drug-likeness (QED) is 0.246. The molecule has 0 bridgehead atoms. The number of piperidine rings is 1. The monoisotopic (exact) mass is 580 g/mol. The highest BCUT2D eigenvalue weighted by Crippen LogP contribution is 2.43. The number of aliphatic carboxylic acids is 1. The van der Waals surface area contributed by atoms with Gasteiger partial charge in [-0.15, -0.1) is 0 Å². The Morgan fingerprint density at radius 2 is 1.68 bits per heavy atom. The number of carboxylic acids is 1. The number of para-hydroxylation sites is 1. The van der Waals surface area contributed by atoms with Crippen molar-refractivity contribution in [3.8, 4) is 22.6 Å². The van der Waals surface area contributed by atoms with E-state index in [9.17, 15) is 9.90 Å². The summed E-state index contributed by atoms with van der Waals surface area (Å²) in [4.78, 5) is 19.6. The van der Waals surface area contributed by atoms with Crippen molar-refractivity contribution in [1.29, 1.82) is 0 Å². The van der Waals surface area contributed by atoms with Crippen LogP contribution in [0.5, 0.6) is 11.5 Å². The zero-order valence-electron chi connectivity index (χ0n) is 24.9. The molecule has 8 heteroatoms. The average molecular weight is 581 g/mol. The Balaban J connectivity index is 1.62. The van der Waals surface area contributed by atoms with Gasteiger partial charge in [-0.2, -0.15) is 0 Å². The van der Waals surface area contributed by atoms with Gasteiger partial charge in [-0.25, -0.2) is 4.79 Å². The molecule has 1 atom stereocenters. The zero-order chi connectivity index (χ0) is 29.8. The van der Waals surface area contributed by atoms with Crippen LogP contribution in [0.2, 0.25) is 5.02 Å². The zero-order valence-corrected chi connectivity index (χ0v) is 25.6. The van der Waals surface area contributed by atoms with Crippen LogP contribution < -0.4 is 14.4 Å². The fourth-order valence-corrected chi connectivity index (χ4v) is 5.19. The molecule has 0 aliphatic carbocycles. The summed E-state index contributed by atoms with van der Waals surface area (Å²) in [7, 11) is 0. The van der Waals surface area contributed by atoms with Crippen LogP contribution in [0.4, 0.5) is 5.69 Å². The molecule has 1 aromatic heterocycles. The SMILES string of the molecule is Cc1ncc(-c2ccc(OCCOc3ccccc3Cl)cc2)c(N2CCC(C)(C)CC2)c1[C@H](OC(C)(C)C)C(=O)O. The third-order valence-corrected chi connectivity index (χ3v) is 7.60. The third kappa shape index (κ3) is 7.92. The third-order valence-electron chi connectivity index (χ3n) is 7.29. The highest BCUT2D eigenvalue weighted by molar-refractivity contribution is 6.32. The van der Waals surface area contributed by atoms with E-state index in [1.54, 1.807) is 6.07 Å². The largest absolute Gasteiger partial charge is 0.490 e. The van der Waals surface area contributed by atoms with Crippen molar-refractivity contribution in [1.82, 2.24) is 4.98 Å². The van der Waals surface area contributed by atoms with Crippen LogP contribution in [0.25, 0.3) is 11.1 Å². The second kappa shape index (κ2) is 12.7. The fourth-order valence-electron chi connectivity index (χ4n) is 5.00. The number of rotatable bonds is 10. The molecule has 2 aromatic carbocycles. The molecule has 0 saturated carbocycles. The Morgan fingerprint density at radius 3 is 2.29 bits per heavy atom. The lowest BCUT2D eigenvalue weighted by molar-refractivity contribution is -0.160. The van der Waals surface area contributed by atoms with Crippen LogP contribution in [-0.2, 0) is 9.53 Å². The van der Waals surface area contributed by atoms with Crippen molar-refractivity contribution < 1.29 is 24.1 Å². The molecule has 41 heavy (non-hydrogen) atoms. The number of carbonyl (C=O) groups is 1. The van der Waals surface area contributed by atoms with Crippen LogP contribution in [0.1, 0.15) is 64.8 Å².